The molecule has 0 aromatic heterocycles. The molecule has 1 N–H and O–H groups in total. The van der Waals surface area contributed by atoms with E-state index in [2.05, 4.69) is 4.74 Å². The van der Waals surface area contributed by atoms with Crippen LogP contribution in [0, 0.1) is 11.6 Å². The topological polar surface area (TPSA) is 119 Å². The summed E-state index contributed by atoms with van der Waals surface area (Å²) in [6.07, 6.45) is 1.29. The van der Waals surface area contributed by atoms with E-state index in [1.54, 1.807) is 12.1 Å². The average Bonchev–Trinajstić information content (AvgIpc) is 3.23. The third-order valence-electron chi connectivity index (χ3n) is 5.87. The first kappa shape index (κ1) is 30.3. The van der Waals surface area contributed by atoms with E-state index in [1.165, 1.54) is 54.5 Å². The highest BCUT2D eigenvalue weighted by molar-refractivity contribution is 8.26. The van der Waals surface area contributed by atoms with Crippen LogP contribution in [0.15, 0.2) is 65.6 Å². The number of amides is 1. The normalized spacial score (nSPS) is 13.8. The molecule has 0 radical (unpaired) electrons. The molecule has 1 fully saturated rings. The Bertz CT molecular complexity index is 1610. The second kappa shape index (κ2) is 13.4. The Morgan fingerprint density at radius 2 is 1.67 bits per heavy atom. The number of thioether (sulfide) groups is 1. The number of carboxylic acids is 1. The summed E-state index contributed by atoms with van der Waals surface area (Å²) in [5, 5.41) is 8.97. The van der Waals surface area contributed by atoms with Gasteiger partial charge in [0.2, 0.25) is 0 Å². The van der Waals surface area contributed by atoms with Gasteiger partial charge in [-0.05, 0) is 65.7 Å². The second-order valence-electron chi connectivity index (χ2n) is 8.63. The molecule has 0 bridgehead atoms. The molecule has 216 valence electrons. The van der Waals surface area contributed by atoms with E-state index >= 15 is 0 Å². The van der Waals surface area contributed by atoms with Gasteiger partial charge in [-0.3, -0.25) is 14.5 Å². The van der Waals surface area contributed by atoms with E-state index in [0.29, 0.717) is 16.7 Å². The van der Waals surface area contributed by atoms with Crippen molar-refractivity contribution in [2.75, 3.05) is 20.3 Å². The first-order valence-electron chi connectivity index (χ1n) is 12.1. The van der Waals surface area contributed by atoms with Crippen molar-refractivity contribution >= 4 is 58.2 Å². The van der Waals surface area contributed by atoms with E-state index < -0.39 is 42.1 Å². The largest absolute Gasteiger partial charge is 0.481 e. The van der Waals surface area contributed by atoms with Gasteiger partial charge in [0.25, 0.3) is 5.91 Å². The predicted molar refractivity (Wildman–Crippen MR) is 153 cm³/mol. The minimum Gasteiger partial charge on any atom is -0.481 e. The van der Waals surface area contributed by atoms with Crippen molar-refractivity contribution in [3.8, 4) is 22.6 Å². The second-order valence-corrected chi connectivity index (χ2v) is 10.3. The van der Waals surface area contributed by atoms with Gasteiger partial charge in [0.05, 0.1) is 24.0 Å². The number of carbonyl (C=O) groups is 4. The third kappa shape index (κ3) is 7.36. The fourth-order valence-electron chi connectivity index (χ4n) is 3.73. The van der Waals surface area contributed by atoms with Gasteiger partial charge in [-0.2, -0.15) is 0 Å². The van der Waals surface area contributed by atoms with Crippen LogP contribution in [0.3, 0.4) is 0 Å². The summed E-state index contributed by atoms with van der Waals surface area (Å²) in [5.41, 5.74) is 1.24. The molecule has 1 amide bonds. The van der Waals surface area contributed by atoms with Crippen molar-refractivity contribution in [1.29, 1.82) is 0 Å². The first-order chi connectivity index (χ1) is 20.0. The Hall–Kier alpha value is -4.62. The number of ether oxygens (including phenoxy) is 3. The van der Waals surface area contributed by atoms with Crippen LogP contribution in [-0.2, 0) is 19.1 Å². The molecule has 0 spiro atoms. The molecular formula is C29H21F2NO8S2. The summed E-state index contributed by atoms with van der Waals surface area (Å²) in [4.78, 5) is 49.6. The van der Waals surface area contributed by atoms with Crippen molar-refractivity contribution in [2.45, 2.75) is 6.42 Å². The number of nitrogens with zero attached hydrogens (tertiary/aromatic N) is 1. The van der Waals surface area contributed by atoms with Gasteiger partial charge in [0.15, 0.2) is 18.2 Å². The van der Waals surface area contributed by atoms with E-state index in [4.69, 9.17) is 26.8 Å². The molecule has 0 saturated carbocycles. The molecule has 1 aliphatic heterocycles. The number of hydrogen-bond acceptors (Lipinski definition) is 9. The van der Waals surface area contributed by atoms with Crippen LogP contribution in [0.5, 0.6) is 11.5 Å². The Kier molecular flexibility index (Phi) is 9.65. The minimum atomic E-state index is -1.12. The number of esters is 2. The summed E-state index contributed by atoms with van der Waals surface area (Å²) in [5.74, 6) is -4.56. The molecule has 4 rings (SSSR count). The summed E-state index contributed by atoms with van der Waals surface area (Å²) in [6.45, 7) is -0.487. The predicted octanol–water partition coefficient (Wildman–Crippen LogP) is 5.08. The molecule has 3 aromatic rings. The molecule has 0 aliphatic carbocycles. The maximum Gasteiger partial charge on any atom is 0.343 e. The number of methoxy groups -OCH3 is 1. The fraction of sp³-hybridized carbons (Fsp3) is 0.138. The molecule has 1 aliphatic rings. The number of halogens is 2. The lowest BCUT2D eigenvalue weighted by molar-refractivity contribution is -0.143. The summed E-state index contributed by atoms with van der Waals surface area (Å²) in [6, 6.07) is 13.4. The van der Waals surface area contributed by atoms with Crippen LogP contribution >= 0.6 is 24.0 Å². The first-order valence-corrected chi connectivity index (χ1v) is 13.4. The fourth-order valence-corrected chi connectivity index (χ4v) is 5.03. The van der Waals surface area contributed by atoms with Crippen LogP contribution in [0.4, 0.5) is 8.78 Å². The van der Waals surface area contributed by atoms with E-state index in [9.17, 15) is 28.0 Å². The lowest BCUT2D eigenvalue weighted by Gasteiger charge is -2.14. The molecule has 42 heavy (non-hydrogen) atoms. The lowest BCUT2D eigenvalue weighted by Crippen LogP contribution is -2.31. The van der Waals surface area contributed by atoms with Gasteiger partial charge < -0.3 is 19.3 Å². The molecular weight excluding hydrogens is 592 g/mol. The van der Waals surface area contributed by atoms with Gasteiger partial charge in [-0.1, -0.05) is 36.1 Å². The van der Waals surface area contributed by atoms with Crippen molar-refractivity contribution < 1.29 is 47.3 Å². The highest BCUT2D eigenvalue weighted by Crippen LogP contribution is 2.36. The standard InChI is InChI=1S/C29H21F2NO8S2/c1-38-26(34)15-39-23-9-5-17(18-4-8-21(30)22(31)13-18)12-19(23)14-24-27(35)32(29(41)42-24)11-10-25(33)40-20-6-2-16(3-7-20)28(36)37/h2-9,12-14H,10-11,15H2,1H3,(H,36,37). The van der Waals surface area contributed by atoms with Gasteiger partial charge in [-0.15, -0.1) is 0 Å². The Morgan fingerprint density at radius 3 is 2.33 bits per heavy atom. The zero-order chi connectivity index (χ0) is 30.4. The number of aromatic carboxylic acids is 1. The van der Waals surface area contributed by atoms with E-state index in [0.717, 1.165) is 23.9 Å². The molecule has 1 heterocycles. The smallest absolute Gasteiger partial charge is 0.343 e. The van der Waals surface area contributed by atoms with Crippen molar-refractivity contribution in [3.05, 3.63) is 88.3 Å². The third-order valence-corrected chi connectivity index (χ3v) is 7.25. The molecule has 1 saturated heterocycles. The SMILES string of the molecule is COC(=O)COc1ccc(-c2ccc(F)c(F)c2)cc1C=C1SC(=S)N(CCC(=O)Oc2ccc(C(=O)O)cc2)C1=O. The van der Waals surface area contributed by atoms with Crippen LogP contribution in [0.1, 0.15) is 22.3 Å². The van der Waals surface area contributed by atoms with Crippen LogP contribution in [0.2, 0.25) is 0 Å². The molecule has 0 atom stereocenters. The summed E-state index contributed by atoms with van der Waals surface area (Å²) < 4.78 is 42.9. The number of rotatable bonds is 10. The summed E-state index contributed by atoms with van der Waals surface area (Å²) >= 11 is 6.33. The maximum atomic E-state index is 13.9. The average molecular weight is 614 g/mol. The lowest BCUT2D eigenvalue weighted by atomic mass is 10.0. The number of carbonyl (C=O) groups excluding carboxylic acids is 3. The number of hydrogen-bond donors (Lipinski definition) is 1. The van der Waals surface area contributed by atoms with Crippen molar-refractivity contribution in [1.82, 2.24) is 4.90 Å². The molecule has 3 aromatic carbocycles. The van der Waals surface area contributed by atoms with Crippen LogP contribution < -0.4 is 9.47 Å². The Labute approximate surface area is 247 Å². The number of benzene rings is 3. The van der Waals surface area contributed by atoms with E-state index in [-0.39, 0.29) is 39.3 Å². The number of carboxylic acid groups (broad SMARTS) is 1. The maximum absolute atomic E-state index is 13.9. The highest BCUT2D eigenvalue weighted by atomic mass is 32.2. The zero-order valence-corrected chi connectivity index (χ0v) is 23.4. The van der Waals surface area contributed by atoms with Crippen LogP contribution in [0.25, 0.3) is 17.2 Å². The Balaban J connectivity index is 1.51. The van der Waals surface area contributed by atoms with E-state index in [1.807, 2.05) is 0 Å². The van der Waals surface area contributed by atoms with Crippen molar-refractivity contribution in [2.24, 2.45) is 0 Å². The van der Waals surface area contributed by atoms with Gasteiger partial charge in [0, 0.05) is 12.1 Å². The number of thiocarbonyl (C=S) groups is 1. The molecule has 0 unspecified atom stereocenters. The van der Waals surface area contributed by atoms with Gasteiger partial charge in [-0.25, -0.2) is 18.4 Å². The van der Waals surface area contributed by atoms with Gasteiger partial charge in [0.1, 0.15) is 15.8 Å². The van der Waals surface area contributed by atoms with Crippen molar-refractivity contribution in [3.63, 3.8) is 0 Å². The van der Waals surface area contributed by atoms with Gasteiger partial charge >= 0.3 is 17.9 Å². The molecule has 9 nitrogen and oxygen atoms in total. The monoisotopic (exact) mass is 613 g/mol. The molecule has 13 heteroatoms. The highest BCUT2D eigenvalue weighted by Gasteiger charge is 2.32. The zero-order valence-electron chi connectivity index (χ0n) is 21.8. The summed E-state index contributed by atoms with van der Waals surface area (Å²) in [7, 11) is 1.20. The van der Waals surface area contributed by atoms with Crippen LogP contribution in [-0.4, -0.2) is 58.4 Å². The minimum absolute atomic E-state index is 0.0355. The Morgan fingerprint density at radius 1 is 0.976 bits per heavy atom. The quantitative estimate of drug-likeness (QED) is 0.144.